The molecule has 0 spiro atoms. The molecule has 2 heteroatoms. The Kier molecular flexibility index (Phi) is 1.65. The maximum atomic E-state index is 3.12. The van der Waals surface area contributed by atoms with E-state index in [2.05, 4.69) is 17.1 Å². The zero-order valence-electron chi connectivity index (χ0n) is 4.65. The summed E-state index contributed by atoms with van der Waals surface area (Å²) < 4.78 is 0. The van der Waals surface area contributed by atoms with E-state index in [0.29, 0.717) is 0 Å². The molecule has 1 aliphatic rings. The van der Waals surface area contributed by atoms with Crippen molar-refractivity contribution in [2.75, 3.05) is 19.6 Å². The van der Waals surface area contributed by atoms with E-state index in [4.69, 9.17) is 0 Å². The largest absolute Gasteiger partial charge is 0.298 e. The minimum atomic E-state index is 1.12. The van der Waals surface area contributed by atoms with E-state index in [1.807, 2.05) is 6.67 Å². The van der Waals surface area contributed by atoms with Gasteiger partial charge in [0.05, 0.1) is 6.67 Å². The summed E-state index contributed by atoms with van der Waals surface area (Å²) in [5.74, 6) is 0. The van der Waals surface area contributed by atoms with Crippen molar-refractivity contribution in [1.29, 1.82) is 0 Å². The van der Waals surface area contributed by atoms with Gasteiger partial charge in [-0.2, -0.15) is 0 Å². The van der Waals surface area contributed by atoms with E-state index >= 15 is 0 Å². The predicted octanol–water partition coefficient (Wildman–Crippen LogP) is 0.0308. The molecule has 1 saturated heterocycles. The highest BCUT2D eigenvalue weighted by Gasteiger charge is 2.06. The number of nitrogens with zero attached hydrogens (tertiary/aromatic N) is 1. The minimum absolute atomic E-state index is 1.12. The zero-order valence-corrected chi connectivity index (χ0v) is 4.65. The van der Waals surface area contributed by atoms with E-state index in [-0.39, 0.29) is 0 Å². The maximum Gasteiger partial charge on any atom is 0.0894 e. The van der Waals surface area contributed by atoms with Gasteiger partial charge in [-0.05, 0) is 6.54 Å². The maximum absolute atomic E-state index is 3.12. The van der Waals surface area contributed by atoms with Gasteiger partial charge < -0.3 is 0 Å². The molecule has 0 aromatic heterocycles. The predicted molar refractivity (Wildman–Crippen MR) is 29.5 cm³/mol. The molecule has 0 atom stereocenters. The summed E-state index contributed by atoms with van der Waals surface area (Å²) in [5, 5.41) is 3.12. The lowest BCUT2D eigenvalue weighted by molar-refractivity contribution is 0.410. The van der Waals surface area contributed by atoms with Crippen LogP contribution in [0.15, 0.2) is 0 Å². The van der Waals surface area contributed by atoms with Crippen LogP contribution in [0.2, 0.25) is 0 Å². The van der Waals surface area contributed by atoms with Crippen molar-refractivity contribution in [3.8, 4) is 0 Å². The second-order valence-corrected chi connectivity index (χ2v) is 1.71. The summed E-state index contributed by atoms with van der Waals surface area (Å²) in [6.07, 6.45) is 0. The van der Waals surface area contributed by atoms with Gasteiger partial charge in [-0.25, -0.2) is 0 Å². The molecule has 1 aliphatic heterocycles. The van der Waals surface area contributed by atoms with Crippen LogP contribution in [0, 0.1) is 6.67 Å². The van der Waals surface area contributed by atoms with Crippen LogP contribution in [0.3, 0.4) is 0 Å². The van der Waals surface area contributed by atoms with Crippen molar-refractivity contribution >= 4 is 0 Å². The first kappa shape index (κ1) is 5.06. The minimum Gasteiger partial charge on any atom is -0.298 e. The van der Waals surface area contributed by atoms with Crippen molar-refractivity contribution in [2.45, 2.75) is 6.92 Å². The summed E-state index contributed by atoms with van der Waals surface area (Å²) in [5.41, 5.74) is 0. The summed E-state index contributed by atoms with van der Waals surface area (Å²) in [4.78, 5) is 2.25. The first-order chi connectivity index (χ1) is 3.43. The number of hydrogen-bond acceptors (Lipinski definition) is 2. The molecule has 1 heterocycles. The molecule has 1 fully saturated rings. The summed E-state index contributed by atoms with van der Waals surface area (Å²) in [7, 11) is 0. The molecular weight excluding hydrogens is 88.1 g/mol. The summed E-state index contributed by atoms with van der Waals surface area (Å²) in [6.45, 7) is 7.63. The van der Waals surface area contributed by atoms with Gasteiger partial charge in [0, 0.05) is 13.1 Å². The van der Waals surface area contributed by atoms with Crippen LogP contribution in [-0.4, -0.2) is 24.5 Å². The smallest absolute Gasteiger partial charge is 0.0894 e. The van der Waals surface area contributed by atoms with Crippen LogP contribution in [0.4, 0.5) is 0 Å². The van der Waals surface area contributed by atoms with Gasteiger partial charge in [-0.1, -0.05) is 6.92 Å². The lowest BCUT2D eigenvalue weighted by Gasteiger charge is -2.06. The Bertz CT molecular complexity index is 48.0. The Labute approximate surface area is 44.5 Å². The molecule has 1 rings (SSSR count). The highest BCUT2D eigenvalue weighted by molar-refractivity contribution is 4.73. The van der Waals surface area contributed by atoms with Crippen molar-refractivity contribution < 1.29 is 0 Å². The van der Waals surface area contributed by atoms with Crippen molar-refractivity contribution in [2.24, 2.45) is 0 Å². The van der Waals surface area contributed by atoms with Crippen molar-refractivity contribution in [1.82, 2.24) is 10.2 Å². The van der Waals surface area contributed by atoms with Crippen LogP contribution in [0.5, 0.6) is 0 Å². The number of nitrogens with one attached hydrogen (secondary N) is 1. The van der Waals surface area contributed by atoms with E-state index in [1.165, 1.54) is 6.54 Å². The molecule has 41 valence electrons. The molecule has 7 heavy (non-hydrogen) atoms. The zero-order chi connectivity index (χ0) is 5.11. The summed E-state index contributed by atoms with van der Waals surface area (Å²) >= 11 is 0. The molecule has 0 aromatic carbocycles. The normalized spacial score (nSPS) is 23.6. The van der Waals surface area contributed by atoms with Crippen LogP contribution in [-0.2, 0) is 0 Å². The van der Waals surface area contributed by atoms with Crippen LogP contribution >= 0.6 is 0 Å². The first-order valence-corrected chi connectivity index (χ1v) is 2.74. The van der Waals surface area contributed by atoms with E-state index in [9.17, 15) is 0 Å². The van der Waals surface area contributed by atoms with Crippen LogP contribution in [0.25, 0.3) is 0 Å². The number of likely N-dealkylation sites (N-methyl/N-ethyl adjacent to an activating group) is 1. The second kappa shape index (κ2) is 2.28. The van der Waals surface area contributed by atoms with E-state index in [1.54, 1.807) is 0 Å². The molecule has 0 aromatic rings. The monoisotopic (exact) mass is 99.1 g/mol. The fourth-order valence-electron chi connectivity index (χ4n) is 0.716. The molecular formula is C5H11N2. The Morgan fingerprint density at radius 1 is 1.86 bits per heavy atom. The average Bonchev–Trinajstić information content (AvgIpc) is 2.14. The standard InChI is InChI=1S/C5H11N2/c1-2-7-4-3-6-5-7/h5-6H,2-4H2,1H3. The highest BCUT2D eigenvalue weighted by Crippen LogP contribution is 1.93. The molecule has 2 nitrogen and oxygen atoms in total. The molecule has 0 bridgehead atoms. The molecule has 0 unspecified atom stereocenters. The van der Waals surface area contributed by atoms with Gasteiger partial charge in [0.1, 0.15) is 0 Å². The van der Waals surface area contributed by atoms with Gasteiger partial charge in [-0.3, -0.25) is 10.2 Å². The van der Waals surface area contributed by atoms with Crippen LogP contribution in [0.1, 0.15) is 6.92 Å². The topological polar surface area (TPSA) is 15.3 Å². The fourth-order valence-corrected chi connectivity index (χ4v) is 0.716. The third kappa shape index (κ3) is 1.14. The average molecular weight is 99.2 g/mol. The van der Waals surface area contributed by atoms with E-state index in [0.717, 1.165) is 13.1 Å². The molecule has 0 amide bonds. The number of rotatable bonds is 1. The first-order valence-electron chi connectivity index (χ1n) is 2.74. The third-order valence-electron chi connectivity index (χ3n) is 1.22. The van der Waals surface area contributed by atoms with Crippen molar-refractivity contribution in [3.05, 3.63) is 6.67 Å². The molecule has 1 radical (unpaired) electrons. The quantitative estimate of drug-likeness (QED) is 0.499. The molecule has 0 aliphatic carbocycles. The Hall–Kier alpha value is -0.0800. The van der Waals surface area contributed by atoms with E-state index < -0.39 is 0 Å². The highest BCUT2D eigenvalue weighted by atomic mass is 15.3. The molecule has 0 saturated carbocycles. The van der Waals surface area contributed by atoms with Gasteiger partial charge >= 0.3 is 0 Å². The van der Waals surface area contributed by atoms with Gasteiger partial charge in [0.15, 0.2) is 0 Å². The lowest BCUT2D eigenvalue weighted by atomic mass is 10.6. The fraction of sp³-hybridized carbons (Fsp3) is 0.800. The Morgan fingerprint density at radius 3 is 3.00 bits per heavy atom. The van der Waals surface area contributed by atoms with Crippen LogP contribution < -0.4 is 5.32 Å². The summed E-state index contributed by atoms with van der Waals surface area (Å²) in [6, 6.07) is 0. The molecule has 1 N–H and O–H groups in total. The van der Waals surface area contributed by atoms with Crippen molar-refractivity contribution in [3.63, 3.8) is 0 Å². The van der Waals surface area contributed by atoms with Gasteiger partial charge in [0.2, 0.25) is 0 Å². The van der Waals surface area contributed by atoms with Gasteiger partial charge in [-0.15, -0.1) is 0 Å². The third-order valence-corrected chi connectivity index (χ3v) is 1.22. The second-order valence-electron chi connectivity index (χ2n) is 1.71. The SMILES string of the molecule is CCN1[CH]NCC1. The number of hydrogen-bond donors (Lipinski definition) is 1. The Balaban J connectivity index is 2.14. The van der Waals surface area contributed by atoms with Gasteiger partial charge in [0.25, 0.3) is 0 Å². The Morgan fingerprint density at radius 2 is 2.71 bits per heavy atom. The lowest BCUT2D eigenvalue weighted by Crippen LogP contribution is -2.15.